The van der Waals surface area contributed by atoms with E-state index in [0.29, 0.717) is 23.6 Å². The lowest BCUT2D eigenvalue weighted by atomic mass is 10.1. The average molecular weight is 338 g/mol. The molecular formula is C19H18N2O4. The SMILES string of the molecule is C[C@@H](NC(=O)c1ccc2c(c1)OCO2)C(=O)N1CCc2ccccc21. The molecule has 0 fully saturated rings. The molecule has 25 heavy (non-hydrogen) atoms. The van der Waals surface area contributed by atoms with Gasteiger partial charge in [0.05, 0.1) is 0 Å². The molecule has 1 atom stereocenters. The number of hydrogen-bond acceptors (Lipinski definition) is 4. The molecule has 2 heterocycles. The Hall–Kier alpha value is -3.02. The van der Waals surface area contributed by atoms with Gasteiger partial charge in [-0.25, -0.2) is 0 Å². The van der Waals surface area contributed by atoms with Crippen molar-refractivity contribution >= 4 is 17.5 Å². The number of nitrogens with zero attached hydrogens (tertiary/aromatic N) is 1. The van der Waals surface area contributed by atoms with Gasteiger partial charge >= 0.3 is 0 Å². The Morgan fingerprint density at radius 3 is 2.80 bits per heavy atom. The van der Waals surface area contributed by atoms with Crippen LogP contribution in [-0.4, -0.2) is 31.2 Å². The van der Waals surface area contributed by atoms with Crippen LogP contribution < -0.4 is 19.7 Å². The fourth-order valence-electron chi connectivity index (χ4n) is 3.18. The van der Waals surface area contributed by atoms with Crippen molar-refractivity contribution in [1.29, 1.82) is 0 Å². The summed E-state index contributed by atoms with van der Waals surface area (Å²) in [6.07, 6.45) is 0.838. The van der Waals surface area contributed by atoms with Gasteiger partial charge in [-0.05, 0) is 43.2 Å². The van der Waals surface area contributed by atoms with Crippen LogP contribution in [0.3, 0.4) is 0 Å². The highest BCUT2D eigenvalue weighted by Gasteiger charge is 2.29. The third-order valence-electron chi connectivity index (χ3n) is 4.51. The van der Waals surface area contributed by atoms with Crippen molar-refractivity contribution in [2.24, 2.45) is 0 Å². The average Bonchev–Trinajstić information content (AvgIpc) is 3.26. The van der Waals surface area contributed by atoms with E-state index in [2.05, 4.69) is 5.32 Å². The minimum absolute atomic E-state index is 0.112. The molecule has 0 unspecified atom stereocenters. The Labute approximate surface area is 145 Å². The second kappa shape index (κ2) is 6.12. The predicted molar refractivity (Wildman–Crippen MR) is 92.0 cm³/mol. The van der Waals surface area contributed by atoms with E-state index >= 15 is 0 Å². The standard InChI is InChI=1S/C19H18N2O4/c1-12(19(23)21-9-8-13-4-2-3-5-15(13)21)20-18(22)14-6-7-16-17(10-14)25-11-24-16/h2-7,10,12H,8-9,11H2,1H3,(H,20,22)/t12-/m1/s1. The molecule has 0 bridgehead atoms. The van der Waals surface area contributed by atoms with Gasteiger partial charge < -0.3 is 19.7 Å². The Morgan fingerprint density at radius 2 is 1.92 bits per heavy atom. The maximum Gasteiger partial charge on any atom is 0.252 e. The van der Waals surface area contributed by atoms with Crippen molar-refractivity contribution in [3.8, 4) is 11.5 Å². The highest BCUT2D eigenvalue weighted by atomic mass is 16.7. The summed E-state index contributed by atoms with van der Waals surface area (Å²) in [6, 6.07) is 12.2. The van der Waals surface area contributed by atoms with Crippen LogP contribution in [0.1, 0.15) is 22.8 Å². The highest BCUT2D eigenvalue weighted by Crippen LogP contribution is 2.32. The van der Waals surface area contributed by atoms with Crippen molar-refractivity contribution in [3.05, 3.63) is 53.6 Å². The van der Waals surface area contributed by atoms with Crippen molar-refractivity contribution in [2.45, 2.75) is 19.4 Å². The molecule has 0 saturated carbocycles. The Kier molecular flexibility index (Phi) is 3.80. The van der Waals surface area contributed by atoms with E-state index in [1.807, 2.05) is 24.3 Å². The monoisotopic (exact) mass is 338 g/mol. The number of fused-ring (bicyclic) bond motifs is 2. The predicted octanol–water partition coefficient (Wildman–Crippen LogP) is 2.12. The molecule has 4 rings (SSSR count). The fraction of sp³-hybridized carbons (Fsp3) is 0.263. The zero-order chi connectivity index (χ0) is 17.4. The van der Waals surface area contributed by atoms with Crippen LogP contribution in [0.4, 0.5) is 5.69 Å². The van der Waals surface area contributed by atoms with E-state index < -0.39 is 6.04 Å². The second-order valence-corrected chi connectivity index (χ2v) is 6.13. The lowest BCUT2D eigenvalue weighted by Crippen LogP contribution is -2.46. The number of amides is 2. The molecule has 0 radical (unpaired) electrons. The Bertz CT molecular complexity index is 849. The number of anilines is 1. The van der Waals surface area contributed by atoms with Crippen molar-refractivity contribution in [2.75, 3.05) is 18.2 Å². The van der Waals surface area contributed by atoms with Crippen LogP contribution >= 0.6 is 0 Å². The second-order valence-electron chi connectivity index (χ2n) is 6.13. The number of hydrogen-bond donors (Lipinski definition) is 1. The molecule has 2 aromatic rings. The lowest BCUT2D eigenvalue weighted by Gasteiger charge is -2.22. The summed E-state index contributed by atoms with van der Waals surface area (Å²) in [7, 11) is 0. The summed E-state index contributed by atoms with van der Waals surface area (Å²) >= 11 is 0. The van der Waals surface area contributed by atoms with Crippen LogP contribution in [-0.2, 0) is 11.2 Å². The number of ether oxygens (including phenoxy) is 2. The van der Waals surface area contributed by atoms with Gasteiger partial charge in [-0.1, -0.05) is 18.2 Å². The largest absolute Gasteiger partial charge is 0.454 e. The molecule has 0 aromatic heterocycles. The van der Waals surface area contributed by atoms with Crippen molar-refractivity contribution in [1.82, 2.24) is 5.32 Å². The molecule has 2 amide bonds. The van der Waals surface area contributed by atoms with Gasteiger partial charge in [0, 0.05) is 17.8 Å². The highest BCUT2D eigenvalue weighted by molar-refractivity contribution is 6.03. The minimum atomic E-state index is -0.621. The number of rotatable bonds is 3. The molecule has 2 aliphatic rings. The molecular weight excluding hydrogens is 320 g/mol. The lowest BCUT2D eigenvalue weighted by molar-refractivity contribution is -0.119. The third-order valence-corrected chi connectivity index (χ3v) is 4.51. The fourth-order valence-corrected chi connectivity index (χ4v) is 3.18. The topological polar surface area (TPSA) is 67.9 Å². The van der Waals surface area contributed by atoms with Gasteiger partial charge in [-0.3, -0.25) is 9.59 Å². The van der Waals surface area contributed by atoms with Crippen LogP contribution in [0.2, 0.25) is 0 Å². The Morgan fingerprint density at radius 1 is 1.12 bits per heavy atom. The van der Waals surface area contributed by atoms with E-state index in [-0.39, 0.29) is 18.6 Å². The third kappa shape index (κ3) is 2.80. The first-order valence-electron chi connectivity index (χ1n) is 8.23. The smallest absolute Gasteiger partial charge is 0.252 e. The summed E-state index contributed by atoms with van der Waals surface area (Å²) in [5.41, 5.74) is 2.52. The van der Waals surface area contributed by atoms with Gasteiger partial charge in [0.25, 0.3) is 5.91 Å². The summed E-state index contributed by atoms with van der Waals surface area (Å²) in [5.74, 6) is 0.736. The van der Waals surface area contributed by atoms with Crippen molar-refractivity contribution in [3.63, 3.8) is 0 Å². The molecule has 0 aliphatic carbocycles. The van der Waals surface area contributed by atoms with Gasteiger partial charge in [0.1, 0.15) is 6.04 Å². The molecule has 0 saturated heterocycles. The zero-order valence-corrected chi connectivity index (χ0v) is 13.8. The maximum absolute atomic E-state index is 12.7. The molecule has 2 aliphatic heterocycles. The summed E-state index contributed by atoms with van der Waals surface area (Å²) in [5, 5.41) is 2.77. The van der Waals surface area contributed by atoms with Gasteiger partial charge in [0.2, 0.25) is 12.7 Å². The molecule has 6 nitrogen and oxygen atoms in total. The summed E-state index contributed by atoms with van der Waals surface area (Å²) in [4.78, 5) is 26.9. The van der Waals surface area contributed by atoms with E-state index in [4.69, 9.17) is 9.47 Å². The van der Waals surface area contributed by atoms with Crippen LogP contribution in [0, 0.1) is 0 Å². The normalized spacial score (nSPS) is 15.6. The Balaban J connectivity index is 1.46. The van der Waals surface area contributed by atoms with Crippen LogP contribution in [0.15, 0.2) is 42.5 Å². The number of benzene rings is 2. The number of para-hydroxylation sites is 1. The quantitative estimate of drug-likeness (QED) is 0.931. The van der Waals surface area contributed by atoms with Gasteiger partial charge in [-0.2, -0.15) is 0 Å². The van der Waals surface area contributed by atoms with Gasteiger partial charge in [0.15, 0.2) is 11.5 Å². The molecule has 128 valence electrons. The number of carbonyl (C=O) groups is 2. The first kappa shape index (κ1) is 15.5. The van der Waals surface area contributed by atoms with E-state index in [1.54, 1.807) is 30.0 Å². The summed E-state index contributed by atoms with van der Waals surface area (Å²) in [6.45, 7) is 2.50. The van der Waals surface area contributed by atoms with Crippen molar-refractivity contribution < 1.29 is 19.1 Å². The first-order valence-corrected chi connectivity index (χ1v) is 8.23. The minimum Gasteiger partial charge on any atom is -0.454 e. The number of nitrogens with one attached hydrogen (secondary N) is 1. The van der Waals surface area contributed by atoms with Crippen LogP contribution in [0.25, 0.3) is 0 Å². The van der Waals surface area contributed by atoms with E-state index in [0.717, 1.165) is 17.7 Å². The molecule has 0 spiro atoms. The summed E-state index contributed by atoms with van der Waals surface area (Å²) < 4.78 is 10.5. The zero-order valence-electron chi connectivity index (χ0n) is 13.8. The van der Waals surface area contributed by atoms with Gasteiger partial charge in [-0.15, -0.1) is 0 Å². The van der Waals surface area contributed by atoms with Crippen LogP contribution in [0.5, 0.6) is 11.5 Å². The van der Waals surface area contributed by atoms with E-state index in [1.165, 1.54) is 0 Å². The first-order chi connectivity index (χ1) is 12.1. The molecule has 2 aromatic carbocycles. The molecule has 6 heteroatoms. The molecule has 1 N–H and O–H groups in total. The maximum atomic E-state index is 12.7. The number of carbonyl (C=O) groups excluding carboxylic acids is 2. The van der Waals surface area contributed by atoms with E-state index in [9.17, 15) is 9.59 Å².